The normalized spacial score (nSPS) is 33.0. The predicted octanol–water partition coefficient (Wildman–Crippen LogP) is -1.13. The van der Waals surface area contributed by atoms with Gasteiger partial charge in [0, 0.05) is 6.07 Å². The van der Waals surface area contributed by atoms with E-state index >= 15 is 0 Å². The highest BCUT2D eigenvalue weighted by molar-refractivity contribution is 5.38. The number of hydrogen-bond donors (Lipinski definition) is 6. The number of ether oxygens (including phenoxy) is 1. The summed E-state index contributed by atoms with van der Waals surface area (Å²) >= 11 is 0. The van der Waals surface area contributed by atoms with Crippen LogP contribution in [0.3, 0.4) is 0 Å². The van der Waals surface area contributed by atoms with Crippen LogP contribution >= 0.6 is 0 Å². The second-order valence-electron chi connectivity index (χ2n) is 5.22. The highest BCUT2D eigenvalue weighted by Crippen LogP contribution is 2.27. The predicted molar refractivity (Wildman–Crippen MR) is 71.9 cm³/mol. The van der Waals surface area contributed by atoms with E-state index in [0.29, 0.717) is 12.0 Å². The Morgan fingerprint density at radius 1 is 0.952 bits per heavy atom. The van der Waals surface area contributed by atoms with Crippen LogP contribution in [0.25, 0.3) is 0 Å². The number of aryl methyl sites for hydroxylation is 1. The molecule has 6 N–H and O–H groups in total. The van der Waals surface area contributed by atoms with E-state index in [-0.39, 0.29) is 17.9 Å². The maximum atomic E-state index is 9.89. The van der Waals surface area contributed by atoms with Crippen molar-refractivity contribution in [3.63, 3.8) is 0 Å². The summed E-state index contributed by atoms with van der Waals surface area (Å²) in [5.41, 5.74) is 0.560. The van der Waals surface area contributed by atoms with E-state index in [4.69, 9.17) is 9.84 Å². The largest absolute Gasteiger partial charge is 0.508 e. The lowest BCUT2D eigenvalue weighted by atomic mass is 9.92. The minimum absolute atomic E-state index is 0.0518. The van der Waals surface area contributed by atoms with Gasteiger partial charge in [0.1, 0.15) is 35.9 Å². The Hall–Kier alpha value is -1.38. The van der Waals surface area contributed by atoms with Crippen molar-refractivity contribution in [3.05, 3.63) is 23.8 Å². The summed E-state index contributed by atoms with van der Waals surface area (Å²) in [7, 11) is 0. The molecule has 0 saturated carbocycles. The van der Waals surface area contributed by atoms with Crippen LogP contribution in [0.1, 0.15) is 12.0 Å². The zero-order chi connectivity index (χ0) is 15.6. The molecule has 1 aliphatic heterocycles. The van der Waals surface area contributed by atoms with Gasteiger partial charge in [-0.3, -0.25) is 0 Å². The number of aliphatic hydroxyl groups excluding tert-OH is 4. The number of aliphatic hydroxyl groups is 4. The summed E-state index contributed by atoms with van der Waals surface area (Å²) in [5.74, 6) is -0.122. The van der Waals surface area contributed by atoms with Crippen LogP contribution in [-0.2, 0) is 11.2 Å². The summed E-state index contributed by atoms with van der Waals surface area (Å²) in [6.45, 7) is -0.466. The highest BCUT2D eigenvalue weighted by atomic mass is 16.5. The van der Waals surface area contributed by atoms with Crippen molar-refractivity contribution in [2.75, 3.05) is 6.61 Å². The number of phenolic OH excluding ortho intramolecular Hbond substituents is 2. The van der Waals surface area contributed by atoms with Crippen molar-refractivity contribution in [1.29, 1.82) is 0 Å². The molecule has 1 saturated heterocycles. The van der Waals surface area contributed by atoms with Crippen molar-refractivity contribution in [1.82, 2.24) is 0 Å². The highest BCUT2D eigenvalue weighted by Gasteiger charge is 2.42. The fraction of sp³-hybridized carbons (Fsp3) is 0.571. The minimum Gasteiger partial charge on any atom is -0.508 e. The maximum Gasteiger partial charge on any atom is 0.122 e. The molecule has 1 aliphatic rings. The summed E-state index contributed by atoms with van der Waals surface area (Å²) in [6.07, 6.45) is -5.12. The van der Waals surface area contributed by atoms with E-state index in [1.807, 2.05) is 0 Å². The molecule has 1 aromatic carbocycles. The van der Waals surface area contributed by atoms with Crippen molar-refractivity contribution in [2.24, 2.45) is 0 Å². The number of benzene rings is 1. The molecule has 7 heteroatoms. The van der Waals surface area contributed by atoms with Gasteiger partial charge >= 0.3 is 0 Å². The van der Waals surface area contributed by atoms with E-state index in [1.165, 1.54) is 12.1 Å². The Balaban J connectivity index is 2.01. The van der Waals surface area contributed by atoms with Crippen molar-refractivity contribution in [2.45, 2.75) is 43.4 Å². The maximum absolute atomic E-state index is 9.89. The molecule has 0 aromatic heterocycles. The molecule has 7 nitrogen and oxygen atoms in total. The van der Waals surface area contributed by atoms with Crippen LogP contribution in [0.5, 0.6) is 11.5 Å². The van der Waals surface area contributed by atoms with Crippen molar-refractivity contribution in [3.8, 4) is 11.5 Å². The van der Waals surface area contributed by atoms with Gasteiger partial charge < -0.3 is 35.4 Å². The fourth-order valence-corrected chi connectivity index (χ4v) is 2.48. The molecule has 0 radical (unpaired) electrons. The lowest BCUT2D eigenvalue weighted by molar-refractivity contribution is -0.230. The van der Waals surface area contributed by atoms with Crippen LogP contribution < -0.4 is 0 Å². The van der Waals surface area contributed by atoms with Crippen LogP contribution in [0.2, 0.25) is 0 Å². The van der Waals surface area contributed by atoms with Gasteiger partial charge in [-0.2, -0.15) is 0 Å². The molecule has 0 amide bonds. The Labute approximate surface area is 121 Å². The molecule has 118 valence electrons. The lowest BCUT2D eigenvalue weighted by Gasteiger charge is -2.40. The number of aromatic hydroxyl groups is 2. The molecule has 0 spiro atoms. The van der Waals surface area contributed by atoms with Gasteiger partial charge in [0.05, 0.1) is 12.7 Å². The molecule has 1 aromatic rings. The number of hydrogen-bond acceptors (Lipinski definition) is 7. The Kier molecular flexibility index (Phi) is 5.02. The number of rotatable bonds is 4. The zero-order valence-corrected chi connectivity index (χ0v) is 11.3. The summed E-state index contributed by atoms with van der Waals surface area (Å²) in [6, 6.07) is 4.19. The third-order valence-electron chi connectivity index (χ3n) is 3.76. The van der Waals surface area contributed by atoms with Gasteiger partial charge in [-0.05, 0) is 24.5 Å². The van der Waals surface area contributed by atoms with Gasteiger partial charge in [-0.25, -0.2) is 0 Å². The van der Waals surface area contributed by atoms with Gasteiger partial charge in [-0.1, -0.05) is 6.07 Å². The Morgan fingerprint density at radius 2 is 1.62 bits per heavy atom. The summed E-state index contributed by atoms with van der Waals surface area (Å²) in [5, 5.41) is 57.2. The second kappa shape index (κ2) is 6.59. The van der Waals surface area contributed by atoms with Gasteiger partial charge in [0.2, 0.25) is 0 Å². The average Bonchev–Trinajstić information content (AvgIpc) is 2.46. The van der Waals surface area contributed by atoms with Gasteiger partial charge in [-0.15, -0.1) is 0 Å². The fourth-order valence-electron chi connectivity index (χ4n) is 2.48. The molecule has 1 heterocycles. The second-order valence-corrected chi connectivity index (χ2v) is 5.22. The first kappa shape index (κ1) is 16.0. The van der Waals surface area contributed by atoms with Gasteiger partial charge in [0.15, 0.2) is 0 Å². The molecule has 0 aliphatic carbocycles. The minimum atomic E-state index is -1.39. The van der Waals surface area contributed by atoms with Crippen LogP contribution in [0.4, 0.5) is 0 Å². The topological polar surface area (TPSA) is 131 Å². The molecule has 0 unspecified atom stereocenters. The molecule has 5 atom stereocenters. The number of phenols is 2. The Morgan fingerprint density at radius 3 is 2.24 bits per heavy atom. The van der Waals surface area contributed by atoms with E-state index in [0.717, 1.165) is 0 Å². The van der Waals surface area contributed by atoms with Crippen LogP contribution in [0, 0.1) is 0 Å². The molecule has 0 bridgehead atoms. The van der Waals surface area contributed by atoms with Crippen LogP contribution in [-0.4, -0.2) is 67.8 Å². The van der Waals surface area contributed by atoms with E-state index in [1.54, 1.807) is 6.07 Å². The monoisotopic (exact) mass is 300 g/mol. The Bertz CT molecular complexity index is 476. The molecule has 21 heavy (non-hydrogen) atoms. The average molecular weight is 300 g/mol. The summed E-state index contributed by atoms with van der Waals surface area (Å²) in [4.78, 5) is 0. The molecular weight excluding hydrogens is 280 g/mol. The van der Waals surface area contributed by atoms with E-state index in [2.05, 4.69) is 0 Å². The smallest absolute Gasteiger partial charge is 0.122 e. The lowest BCUT2D eigenvalue weighted by Crippen LogP contribution is -2.58. The third-order valence-corrected chi connectivity index (χ3v) is 3.76. The third kappa shape index (κ3) is 3.45. The first-order valence-corrected chi connectivity index (χ1v) is 6.75. The van der Waals surface area contributed by atoms with E-state index in [9.17, 15) is 25.5 Å². The molecule has 2 rings (SSSR count). The van der Waals surface area contributed by atoms with E-state index < -0.39 is 37.1 Å². The van der Waals surface area contributed by atoms with Crippen molar-refractivity contribution < 1.29 is 35.4 Å². The molecular formula is C14H20O7. The molecule has 1 fully saturated rings. The van der Waals surface area contributed by atoms with Crippen molar-refractivity contribution >= 4 is 0 Å². The van der Waals surface area contributed by atoms with Gasteiger partial charge in [0.25, 0.3) is 0 Å². The first-order chi connectivity index (χ1) is 9.93. The standard InChI is InChI=1S/C14H20O7/c15-6-11-13(19)14(20)12(18)10(21-11)4-2-7-1-3-8(16)5-9(7)17/h1,3,5,10-20H,2,4,6H2/t10-,11+,12-,13+,14+/m0/s1. The quantitative estimate of drug-likeness (QED) is 0.415. The zero-order valence-electron chi connectivity index (χ0n) is 11.3. The first-order valence-electron chi connectivity index (χ1n) is 6.75. The summed E-state index contributed by atoms with van der Waals surface area (Å²) < 4.78 is 5.37. The van der Waals surface area contributed by atoms with Crippen LogP contribution in [0.15, 0.2) is 18.2 Å². The SMILES string of the molecule is OC[C@H]1O[C@@H](CCc2ccc(O)cc2O)[C@H](O)[C@@H](O)[C@@H]1O.